The van der Waals surface area contributed by atoms with Crippen molar-refractivity contribution in [3.05, 3.63) is 87.3 Å². The van der Waals surface area contributed by atoms with Crippen molar-refractivity contribution >= 4 is 55.1 Å². The molecular formula is C22H19BrClN5O2S. The Morgan fingerprint density at radius 3 is 2.59 bits per heavy atom. The molecule has 4 rings (SSSR count). The van der Waals surface area contributed by atoms with Gasteiger partial charge >= 0.3 is 0 Å². The third kappa shape index (κ3) is 5.36. The van der Waals surface area contributed by atoms with Gasteiger partial charge in [-0.15, -0.1) is 0 Å². The first-order valence-corrected chi connectivity index (χ1v) is 12.4. The van der Waals surface area contributed by atoms with Crippen LogP contribution in [0.4, 0.5) is 5.82 Å². The number of halogens is 2. The Hall–Kier alpha value is -2.72. The van der Waals surface area contributed by atoms with E-state index in [4.69, 9.17) is 11.6 Å². The number of nitrogens with one attached hydrogen (secondary N) is 2. The van der Waals surface area contributed by atoms with Gasteiger partial charge in [0.1, 0.15) is 5.82 Å². The van der Waals surface area contributed by atoms with Crippen molar-refractivity contribution < 1.29 is 8.42 Å². The van der Waals surface area contributed by atoms with E-state index in [2.05, 4.69) is 36.1 Å². The standard InChI is InChI=1S/C22H19BrClN5O2S/c23-18-15-26-29-21(14-20(28-22(18)29)17-8-4-5-9-19(17)24)25-11-12-27-32(30,31)13-10-16-6-2-1-3-7-16/h1-10,13-15,25,27H,11-12H2/b13-10+. The first-order chi connectivity index (χ1) is 15.4. The lowest BCUT2D eigenvalue weighted by molar-refractivity contribution is 0.592. The van der Waals surface area contributed by atoms with Gasteiger partial charge in [0.2, 0.25) is 10.0 Å². The van der Waals surface area contributed by atoms with Crippen LogP contribution >= 0.6 is 27.5 Å². The van der Waals surface area contributed by atoms with Gasteiger partial charge in [0, 0.05) is 35.2 Å². The number of aromatic nitrogens is 3. The molecule has 0 fully saturated rings. The third-order valence-electron chi connectivity index (χ3n) is 4.55. The van der Waals surface area contributed by atoms with Crippen LogP contribution in [0.5, 0.6) is 0 Å². The maximum absolute atomic E-state index is 12.2. The number of fused-ring (bicyclic) bond motifs is 1. The summed E-state index contributed by atoms with van der Waals surface area (Å²) in [7, 11) is -3.56. The molecular weight excluding hydrogens is 514 g/mol. The summed E-state index contributed by atoms with van der Waals surface area (Å²) in [6.45, 7) is 0.534. The molecule has 2 aromatic carbocycles. The lowest BCUT2D eigenvalue weighted by atomic mass is 10.1. The fraction of sp³-hybridized carbons (Fsp3) is 0.0909. The number of anilines is 1. The van der Waals surface area contributed by atoms with Gasteiger partial charge < -0.3 is 5.32 Å². The molecule has 0 atom stereocenters. The molecule has 4 aromatic rings. The van der Waals surface area contributed by atoms with Crippen LogP contribution in [0, 0.1) is 0 Å². The van der Waals surface area contributed by atoms with Crippen LogP contribution in [-0.4, -0.2) is 36.1 Å². The maximum Gasteiger partial charge on any atom is 0.233 e. The zero-order valence-corrected chi connectivity index (χ0v) is 19.9. The van der Waals surface area contributed by atoms with Gasteiger partial charge in [-0.1, -0.05) is 60.1 Å². The van der Waals surface area contributed by atoms with E-state index in [0.717, 1.165) is 21.0 Å². The van der Waals surface area contributed by atoms with Gasteiger partial charge in [-0.25, -0.2) is 18.1 Å². The molecule has 0 aliphatic heterocycles. The average molecular weight is 533 g/mol. The van der Waals surface area contributed by atoms with Crippen molar-refractivity contribution in [2.45, 2.75) is 0 Å². The van der Waals surface area contributed by atoms with Crippen LogP contribution in [0.3, 0.4) is 0 Å². The minimum Gasteiger partial charge on any atom is -0.369 e. The van der Waals surface area contributed by atoms with Crippen molar-refractivity contribution in [3.8, 4) is 11.3 Å². The summed E-state index contributed by atoms with van der Waals surface area (Å²) < 4.78 is 29.4. The van der Waals surface area contributed by atoms with Crippen LogP contribution < -0.4 is 10.0 Å². The highest BCUT2D eigenvalue weighted by Crippen LogP contribution is 2.30. The molecule has 0 bridgehead atoms. The van der Waals surface area contributed by atoms with E-state index in [0.29, 0.717) is 28.7 Å². The predicted octanol–water partition coefficient (Wildman–Crippen LogP) is 4.81. The largest absolute Gasteiger partial charge is 0.369 e. The highest BCUT2D eigenvalue weighted by atomic mass is 79.9. The lowest BCUT2D eigenvalue weighted by Crippen LogP contribution is -2.27. The Labute approximate surface area is 199 Å². The summed E-state index contributed by atoms with van der Waals surface area (Å²) in [6.07, 6.45) is 3.21. The molecule has 32 heavy (non-hydrogen) atoms. The number of benzene rings is 2. The molecule has 0 aliphatic carbocycles. The zero-order chi connectivity index (χ0) is 22.6. The normalized spacial score (nSPS) is 11.9. The fourth-order valence-corrected chi connectivity index (χ4v) is 4.43. The Bertz CT molecular complexity index is 1370. The van der Waals surface area contributed by atoms with Crippen molar-refractivity contribution in [2.75, 3.05) is 18.4 Å². The molecule has 0 radical (unpaired) electrons. The minimum atomic E-state index is -3.56. The number of sulfonamides is 1. The van der Waals surface area contributed by atoms with Gasteiger partial charge in [-0.2, -0.15) is 9.61 Å². The van der Waals surface area contributed by atoms with E-state index < -0.39 is 10.0 Å². The summed E-state index contributed by atoms with van der Waals surface area (Å²) in [6, 6.07) is 18.5. The van der Waals surface area contributed by atoms with E-state index in [1.807, 2.05) is 54.6 Å². The Kier molecular flexibility index (Phi) is 6.90. The lowest BCUT2D eigenvalue weighted by Gasteiger charge is -2.12. The second-order valence-electron chi connectivity index (χ2n) is 6.81. The molecule has 10 heteroatoms. The van der Waals surface area contributed by atoms with Gasteiger partial charge in [-0.05, 0) is 33.6 Å². The summed E-state index contributed by atoms with van der Waals surface area (Å²) in [4.78, 5) is 4.66. The highest BCUT2D eigenvalue weighted by molar-refractivity contribution is 9.10. The number of rotatable bonds is 8. The monoisotopic (exact) mass is 531 g/mol. The summed E-state index contributed by atoms with van der Waals surface area (Å²) in [5.74, 6) is 0.662. The molecule has 0 saturated carbocycles. The second-order valence-corrected chi connectivity index (χ2v) is 9.73. The van der Waals surface area contributed by atoms with Crippen LogP contribution in [0.15, 0.2) is 76.7 Å². The van der Waals surface area contributed by atoms with Crippen molar-refractivity contribution in [2.24, 2.45) is 0 Å². The van der Waals surface area contributed by atoms with E-state index in [-0.39, 0.29) is 6.54 Å². The zero-order valence-electron chi connectivity index (χ0n) is 16.7. The van der Waals surface area contributed by atoms with Crippen molar-refractivity contribution in [3.63, 3.8) is 0 Å². The first-order valence-electron chi connectivity index (χ1n) is 9.69. The Balaban J connectivity index is 1.47. The average Bonchev–Trinajstić information content (AvgIpc) is 3.17. The fourth-order valence-electron chi connectivity index (χ4n) is 3.03. The van der Waals surface area contributed by atoms with Gasteiger partial charge in [0.15, 0.2) is 5.65 Å². The van der Waals surface area contributed by atoms with E-state index >= 15 is 0 Å². The molecule has 0 unspecified atom stereocenters. The molecule has 0 aliphatic rings. The molecule has 0 saturated heterocycles. The third-order valence-corrected chi connectivity index (χ3v) is 6.54. The Morgan fingerprint density at radius 1 is 1.06 bits per heavy atom. The number of hydrogen-bond donors (Lipinski definition) is 2. The second kappa shape index (κ2) is 9.83. The SMILES string of the molecule is O=S(=O)(/C=C/c1ccccc1)NCCNc1cc(-c2ccccc2Cl)nc2c(Br)cnn12. The molecule has 7 nitrogen and oxygen atoms in total. The van der Waals surface area contributed by atoms with Crippen LogP contribution in [0.25, 0.3) is 23.0 Å². The molecule has 0 amide bonds. The van der Waals surface area contributed by atoms with E-state index in [1.54, 1.807) is 22.9 Å². The molecule has 2 heterocycles. The first kappa shape index (κ1) is 22.5. The number of hydrogen-bond acceptors (Lipinski definition) is 5. The molecule has 2 N–H and O–H groups in total. The summed E-state index contributed by atoms with van der Waals surface area (Å²) in [5.41, 5.74) is 2.90. The van der Waals surface area contributed by atoms with Crippen molar-refractivity contribution in [1.29, 1.82) is 0 Å². The molecule has 164 valence electrons. The predicted molar refractivity (Wildman–Crippen MR) is 132 cm³/mol. The Morgan fingerprint density at radius 2 is 1.81 bits per heavy atom. The number of nitrogens with zero attached hydrogens (tertiary/aromatic N) is 3. The molecule has 0 spiro atoms. The topological polar surface area (TPSA) is 88.4 Å². The quantitative estimate of drug-likeness (QED) is 0.318. The summed E-state index contributed by atoms with van der Waals surface area (Å²) >= 11 is 9.81. The van der Waals surface area contributed by atoms with Crippen LogP contribution in [-0.2, 0) is 10.0 Å². The summed E-state index contributed by atoms with van der Waals surface area (Å²) in [5, 5.41) is 9.30. The molecule has 2 aromatic heterocycles. The van der Waals surface area contributed by atoms with Gasteiger partial charge in [0.05, 0.1) is 16.4 Å². The van der Waals surface area contributed by atoms with E-state index in [1.165, 1.54) is 0 Å². The van der Waals surface area contributed by atoms with Crippen molar-refractivity contribution in [1.82, 2.24) is 19.3 Å². The van der Waals surface area contributed by atoms with Crippen LogP contribution in [0.2, 0.25) is 5.02 Å². The maximum atomic E-state index is 12.2. The van der Waals surface area contributed by atoms with E-state index in [9.17, 15) is 8.42 Å². The smallest absolute Gasteiger partial charge is 0.233 e. The highest BCUT2D eigenvalue weighted by Gasteiger charge is 2.13. The van der Waals surface area contributed by atoms with Gasteiger partial charge in [0.25, 0.3) is 0 Å². The van der Waals surface area contributed by atoms with Crippen LogP contribution in [0.1, 0.15) is 5.56 Å². The minimum absolute atomic E-state index is 0.190. The van der Waals surface area contributed by atoms with Gasteiger partial charge in [-0.3, -0.25) is 0 Å².